The number of carbonyl (C=O) groups is 1. The first-order chi connectivity index (χ1) is 8.49. The molecule has 1 N–H and O–H groups in total. The summed E-state index contributed by atoms with van der Waals surface area (Å²) >= 11 is 0. The normalized spacial score (nSPS) is 23.4. The van der Waals surface area contributed by atoms with Crippen molar-refractivity contribution in [3.05, 3.63) is 11.8 Å². The molecule has 1 amide bonds. The monoisotopic (exact) mass is 299 g/mol. The van der Waals surface area contributed by atoms with Crippen LogP contribution in [-0.4, -0.2) is 50.4 Å². The predicted octanol–water partition coefficient (Wildman–Crippen LogP) is 2.65. The molecule has 0 saturated carbocycles. The van der Waals surface area contributed by atoms with Gasteiger partial charge in [0.1, 0.15) is 0 Å². The second kappa shape index (κ2) is 5.93. The second-order valence-corrected chi connectivity index (χ2v) is 18.4. The van der Waals surface area contributed by atoms with Crippen LogP contribution in [0.25, 0.3) is 0 Å². The van der Waals surface area contributed by atoms with E-state index >= 15 is 0 Å². The largest absolute Gasteiger partial charge is 0.387 e. The highest BCUT2D eigenvalue weighted by Gasteiger charge is 2.37. The minimum absolute atomic E-state index is 0.00757. The zero-order valence-electron chi connectivity index (χ0n) is 13.2. The molecular weight excluding hydrogens is 270 g/mol. The summed E-state index contributed by atoms with van der Waals surface area (Å²) < 4.78 is 0. The van der Waals surface area contributed by atoms with Crippen LogP contribution in [0, 0.1) is 0 Å². The minimum Gasteiger partial charge on any atom is -0.387 e. The Morgan fingerprint density at radius 2 is 1.89 bits per heavy atom. The van der Waals surface area contributed by atoms with Crippen LogP contribution in [0.5, 0.6) is 0 Å². The maximum absolute atomic E-state index is 12.0. The molecule has 1 aliphatic heterocycles. The van der Waals surface area contributed by atoms with Crippen LogP contribution in [0.3, 0.4) is 0 Å². The molecule has 1 fully saturated rings. The number of hydrogen-bond acceptors (Lipinski definition) is 2. The zero-order valence-corrected chi connectivity index (χ0v) is 15.2. The molecule has 0 aromatic rings. The summed E-state index contributed by atoms with van der Waals surface area (Å²) in [6, 6.07) is -0.00757. The Balaban J connectivity index is 2.75. The highest BCUT2D eigenvalue weighted by molar-refractivity contribution is 6.81. The van der Waals surface area contributed by atoms with E-state index in [1.54, 1.807) is 0 Å². The number of amides is 1. The third kappa shape index (κ3) is 5.63. The lowest BCUT2D eigenvalue weighted by atomic mass is 10.1. The molecule has 0 spiro atoms. The highest BCUT2D eigenvalue weighted by atomic mass is 28.3. The summed E-state index contributed by atoms with van der Waals surface area (Å²) in [5.74, 6) is 0.216. The molecule has 0 aromatic heterocycles. The van der Waals surface area contributed by atoms with Crippen molar-refractivity contribution >= 4 is 22.1 Å². The van der Waals surface area contributed by atoms with E-state index in [0.717, 1.165) is 12.6 Å². The van der Waals surface area contributed by atoms with Gasteiger partial charge in [-0.3, -0.25) is 4.79 Å². The van der Waals surface area contributed by atoms with Crippen molar-refractivity contribution in [3.63, 3.8) is 0 Å². The van der Waals surface area contributed by atoms with Crippen molar-refractivity contribution in [2.75, 3.05) is 6.17 Å². The first-order valence-electron chi connectivity index (χ1n) is 7.16. The van der Waals surface area contributed by atoms with Gasteiger partial charge in [0.05, 0.1) is 28.3 Å². The van der Waals surface area contributed by atoms with Crippen LogP contribution in [0.15, 0.2) is 11.8 Å². The lowest BCUT2D eigenvalue weighted by molar-refractivity contribution is -0.129. The van der Waals surface area contributed by atoms with Crippen LogP contribution in [0.1, 0.15) is 12.8 Å². The molecule has 1 aliphatic rings. The van der Waals surface area contributed by atoms with Gasteiger partial charge in [0.2, 0.25) is 5.91 Å². The number of aliphatic hydroxyl groups excluding tert-OH is 1. The van der Waals surface area contributed by atoms with E-state index in [1.807, 2.05) is 11.0 Å². The average molecular weight is 300 g/mol. The van der Waals surface area contributed by atoms with Crippen LogP contribution < -0.4 is 0 Å². The standard InChI is InChI=1S/C14H29NO2Si2/c1-18(2,3)10-9-13(16)12-7-8-14(17)15(12)11-19(4,5)6/h9-10,12-13,16H,7-8,11H2,1-6H3/b10-9+/t12-,13+/m0/s1. The fourth-order valence-electron chi connectivity index (χ4n) is 2.34. The molecular formula is C14H29NO2Si2. The summed E-state index contributed by atoms with van der Waals surface area (Å²) in [5.41, 5.74) is 2.17. The van der Waals surface area contributed by atoms with Crippen molar-refractivity contribution in [3.8, 4) is 0 Å². The Morgan fingerprint density at radius 1 is 1.32 bits per heavy atom. The summed E-state index contributed by atoms with van der Waals surface area (Å²) in [4.78, 5) is 13.9. The lowest BCUT2D eigenvalue weighted by Gasteiger charge is -2.32. The molecule has 3 nitrogen and oxygen atoms in total. The first kappa shape index (κ1) is 16.7. The van der Waals surface area contributed by atoms with E-state index < -0.39 is 22.3 Å². The third-order valence-electron chi connectivity index (χ3n) is 3.21. The smallest absolute Gasteiger partial charge is 0.222 e. The lowest BCUT2D eigenvalue weighted by Crippen LogP contribution is -2.48. The number of likely N-dealkylation sites (tertiary alicyclic amines) is 1. The Morgan fingerprint density at radius 3 is 2.37 bits per heavy atom. The van der Waals surface area contributed by atoms with Gasteiger partial charge >= 0.3 is 0 Å². The SMILES string of the molecule is C[Si](C)(C)/C=C/[C@@H](O)[C@@H]1CCC(=O)N1C[Si](C)(C)C. The Hall–Kier alpha value is -0.396. The number of carbonyl (C=O) groups excluding carboxylic acids is 1. The molecule has 1 heterocycles. The zero-order chi connectivity index (χ0) is 14.8. The quantitative estimate of drug-likeness (QED) is 0.793. The van der Waals surface area contributed by atoms with Gasteiger partial charge < -0.3 is 10.0 Å². The molecule has 110 valence electrons. The average Bonchev–Trinajstić information content (AvgIpc) is 2.54. The van der Waals surface area contributed by atoms with E-state index in [0.29, 0.717) is 6.42 Å². The fourth-order valence-corrected chi connectivity index (χ4v) is 4.55. The van der Waals surface area contributed by atoms with Gasteiger partial charge in [-0.05, 0) is 6.42 Å². The number of aliphatic hydroxyl groups is 1. The summed E-state index contributed by atoms with van der Waals surface area (Å²) in [7, 11) is -2.62. The predicted molar refractivity (Wildman–Crippen MR) is 86.6 cm³/mol. The van der Waals surface area contributed by atoms with Gasteiger partial charge in [0, 0.05) is 12.6 Å². The van der Waals surface area contributed by atoms with Crippen LogP contribution in [-0.2, 0) is 4.79 Å². The molecule has 0 unspecified atom stereocenters. The molecule has 0 radical (unpaired) electrons. The van der Waals surface area contributed by atoms with Crippen LogP contribution in [0.2, 0.25) is 39.3 Å². The van der Waals surface area contributed by atoms with Gasteiger partial charge in [0.25, 0.3) is 0 Å². The van der Waals surface area contributed by atoms with E-state index in [9.17, 15) is 9.90 Å². The molecule has 0 aromatic carbocycles. The molecule has 1 saturated heterocycles. The molecule has 5 heteroatoms. The van der Waals surface area contributed by atoms with Crippen LogP contribution in [0.4, 0.5) is 0 Å². The number of rotatable bonds is 5. The van der Waals surface area contributed by atoms with E-state index in [2.05, 4.69) is 45.0 Å². The van der Waals surface area contributed by atoms with Crippen molar-refractivity contribution in [2.24, 2.45) is 0 Å². The maximum Gasteiger partial charge on any atom is 0.222 e. The summed E-state index contributed by atoms with van der Waals surface area (Å²) in [6.45, 7) is 13.5. The van der Waals surface area contributed by atoms with Gasteiger partial charge in [0.15, 0.2) is 0 Å². The Kier molecular flexibility index (Phi) is 5.20. The fraction of sp³-hybridized carbons (Fsp3) is 0.786. The maximum atomic E-state index is 12.0. The van der Waals surface area contributed by atoms with Crippen LogP contribution >= 0.6 is 0 Å². The summed E-state index contributed by atoms with van der Waals surface area (Å²) in [6.07, 6.45) is 3.66. The van der Waals surface area contributed by atoms with Crippen molar-refractivity contribution < 1.29 is 9.90 Å². The molecule has 2 atom stereocenters. The number of nitrogens with zero attached hydrogens (tertiary/aromatic N) is 1. The molecule has 19 heavy (non-hydrogen) atoms. The van der Waals surface area contributed by atoms with E-state index in [-0.39, 0.29) is 11.9 Å². The third-order valence-corrected chi connectivity index (χ3v) is 5.69. The molecule has 0 aliphatic carbocycles. The topological polar surface area (TPSA) is 40.5 Å². The van der Waals surface area contributed by atoms with Gasteiger partial charge in [-0.2, -0.15) is 0 Å². The van der Waals surface area contributed by atoms with E-state index in [4.69, 9.17) is 0 Å². The Labute approximate surface area is 119 Å². The Bertz CT molecular complexity index is 355. The van der Waals surface area contributed by atoms with Crippen molar-refractivity contribution in [1.29, 1.82) is 0 Å². The van der Waals surface area contributed by atoms with Crippen molar-refractivity contribution in [1.82, 2.24) is 4.90 Å². The van der Waals surface area contributed by atoms with Gasteiger partial charge in [-0.1, -0.05) is 51.1 Å². The van der Waals surface area contributed by atoms with E-state index in [1.165, 1.54) is 0 Å². The first-order valence-corrected chi connectivity index (χ1v) is 14.4. The number of hydrogen-bond donors (Lipinski definition) is 1. The summed E-state index contributed by atoms with van der Waals surface area (Å²) in [5, 5.41) is 10.4. The second-order valence-electron chi connectivity index (χ2n) is 7.90. The highest BCUT2D eigenvalue weighted by Crippen LogP contribution is 2.24. The van der Waals surface area contributed by atoms with Crippen molar-refractivity contribution in [2.45, 2.75) is 64.3 Å². The molecule has 1 rings (SSSR count). The molecule has 0 bridgehead atoms. The minimum atomic E-state index is -1.33. The van der Waals surface area contributed by atoms with Gasteiger partial charge in [-0.15, -0.1) is 0 Å². The van der Waals surface area contributed by atoms with Gasteiger partial charge in [-0.25, -0.2) is 0 Å².